The molecule has 0 saturated carbocycles. The van der Waals surface area contributed by atoms with Crippen LogP contribution in [0.4, 0.5) is 4.79 Å². The van der Waals surface area contributed by atoms with Crippen LogP contribution in [0.5, 0.6) is 0 Å². The summed E-state index contributed by atoms with van der Waals surface area (Å²) in [7, 11) is 0. The first kappa shape index (κ1) is 22.8. The quantitative estimate of drug-likeness (QED) is 0.476. The Balaban J connectivity index is 1.23. The number of carboxylic acids is 1. The van der Waals surface area contributed by atoms with Gasteiger partial charge in [0.2, 0.25) is 5.91 Å². The minimum absolute atomic E-state index is 0.0744. The smallest absolute Gasteiger partial charge is 0.407 e. The minimum Gasteiger partial charge on any atom is -0.479 e. The monoisotopic (exact) mass is 454 g/mol. The van der Waals surface area contributed by atoms with Crippen LogP contribution in [0.2, 0.25) is 0 Å². The molecule has 4 rings (SSSR count). The highest BCUT2D eigenvalue weighted by Crippen LogP contribution is 2.44. The van der Waals surface area contributed by atoms with E-state index >= 15 is 0 Å². The van der Waals surface area contributed by atoms with E-state index in [1.54, 1.807) is 0 Å². The summed E-state index contributed by atoms with van der Waals surface area (Å²) in [5.74, 6) is -1.73. The first-order chi connectivity index (χ1) is 15.9. The summed E-state index contributed by atoms with van der Waals surface area (Å²) < 4.78 is 10.5. The molecule has 9 heteroatoms. The Morgan fingerprint density at radius 1 is 1.06 bits per heavy atom. The van der Waals surface area contributed by atoms with Crippen LogP contribution in [0.1, 0.15) is 29.9 Å². The number of nitrogens with one attached hydrogen (secondary N) is 2. The molecule has 9 nitrogen and oxygen atoms in total. The van der Waals surface area contributed by atoms with Gasteiger partial charge in [0.05, 0.1) is 18.6 Å². The van der Waals surface area contributed by atoms with E-state index in [1.165, 1.54) is 0 Å². The highest BCUT2D eigenvalue weighted by Gasteiger charge is 2.35. The molecule has 174 valence electrons. The van der Waals surface area contributed by atoms with E-state index in [4.69, 9.17) is 14.6 Å². The summed E-state index contributed by atoms with van der Waals surface area (Å²) >= 11 is 0. The van der Waals surface area contributed by atoms with Crippen molar-refractivity contribution in [3.05, 3.63) is 59.7 Å². The molecule has 1 aliphatic carbocycles. The van der Waals surface area contributed by atoms with Crippen molar-refractivity contribution in [3.8, 4) is 11.1 Å². The third-order valence-corrected chi connectivity index (χ3v) is 5.93. The lowest BCUT2D eigenvalue weighted by Gasteiger charge is -2.18. The molecule has 4 N–H and O–H groups in total. The molecule has 2 amide bonds. The van der Waals surface area contributed by atoms with Gasteiger partial charge in [-0.1, -0.05) is 48.5 Å². The fourth-order valence-electron chi connectivity index (χ4n) is 4.38. The van der Waals surface area contributed by atoms with Crippen LogP contribution in [0, 0.1) is 0 Å². The molecule has 0 radical (unpaired) electrons. The molecular weight excluding hydrogens is 428 g/mol. The normalized spacial score (nSPS) is 19.9. The van der Waals surface area contributed by atoms with Crippen molar-refractivity contribution in [2.75, 3.05) is 19.8 Å². The lowest BCUT2D eigenvalue weighted by molar-refractivity contribution is -0.148. The Hall–Kier alpha value is -3.43. The van der Waals surface area contributed by atoms with Crippen molar-refractivity contribution < 1.29 is 34.1 Å². The Bertz CT molecular complexity index is 995. The zero-order chi connectivity index (χ0) is 23.4. The van der Waals surface area contributed by atoms with Crippen molar-refractivity contribution in [2.24, 2.45) is 0 Å². The van der Waals surface area contributed by atoms with Gasteiger partial charge in [0.15, 0.2) is 6.10 Å². The van der Waals surface area contributed by atoms with Crippen molar-refractivity contribution in [2.45, 2.75) is 37.0 Å². The molecule has 0 bridgehead atoms. The van der Waals surface area contributed by atoms with E-state index in [9.17, 15) is 19.5 Å². The molecule has 33 heavy (non-hydrogen) atoms. The van der Waals surface area contributed by atoms with Crippen LogP contribution in [-0.4, -0.2) is 66.2 Å². The number of aliphatic carboxylic acids is 1. The lowest BCUT2D eigenvalue weighted by atomic mass is 9.98. The van der Waals surface area contributed by atoms with Crippen LogP contribution in [0.3, 0.4) is 0 Å². The Morgan fingerprint density at radius 3 is 2.33 bits per heavy atom. The number of rotatable bonds is 8. The number of carbonyl (C=O) groups is 3. The molecule has 2 aromatic rings. The topological polar surface area (TPSA) is 134 Å². The molecule has 2 aromatic carbocycles. The maximum absolute atomic E-state index is 12.2. The molecule has 1 saturated heterocycles. The number of aliphatic hydroxyl groups is 1. The highest BCUT2D eigenvalue weighted by molar-refractivity contribution is 5.80. The summed E-state index contributed by atoms with van der Waals surface area (Å²) in [5, 5.41) is 24.2. The first-order valence-electron chi connectivity index (χ1n) is 10.8. The molecule has 3 atom stereocenters. The van der Waals surface area contributed by atoms with Crippen LogP contribution in [0.25, 0.3) is 11.1 Å². The third-order valence-electron chi connectivity index (χ3n) is 5.93. The predicted octanol–water partition coefficient (Wildman–Crippen LogP) is 1.63. The number of hydrogen-bond donors (Lipinski definition) is 4. The van der Waals surface area contributed by atoms with Gasteiger partial charge in [0, 0.05) is 19.1 Å². The van der Waals surface area contributed by atoms with Gasteiger partial charge >= 0.3 is 12.1 Å². The number of carbonyl (C=O) groups excluding carboxylic acids is 2. The number of alkyl carbamates (subject to hydrolysis) is 1. The molecule has 2 aliphatic rings. The van der Waals surface area contributed by atoms with Gasteiger partial charge in [0.1, 0.15) is 6.61 Å². The minimum atomic E-state index is -1.14. The van der Waals surface area contributed by atoms with Gasteiger partial charge in [-0.3, -0.25) is 4.79 Å². The molecule has 0 aromatic heterocycles. The van der Waals surface area contributed by atoms with Crippen molar-refractivity contribution in [1.29, 1.82) is 0 Å². The number of amides is 2. The summed E-state index contributed by atoms with van der Waals surface area (Å²) in [6.07, 6.45) is -2.82. The number of carboxylic acid groups (broad SMARTS) is 1. The van der Waals surface area contributed by atoms with Gasteiger partial charge in [-0.2, -0.15) is 0 Å². The second-order valence-electron chi connectivity index (χ2n) is 8.16. The molecule has 1 fully saturated rings. The second-order valence-corrected chi connectivity index (χ2v) is 8.16. The predicted molar refractivity (Wildman–Crippen MR) is 118 cm³/mol. The number of fused-ring (bicyclic) bond motifs is 3. The second kappa shape index (κ2) is 10.0. The van der Waals surface area contributed by atoms with E-state index in [2.05, 4.69) is 10.6 Å². The zero-order valence-electron chi connectivity index (χ0n) is 17.9. The summed E-state index contributed by atoms with van der Waals surface area (Å²) in [6.45, 7) is 0.218. The van der Waals surface area contributed by atoms with Gasteiger partial charge in [-0.05, 0) is 28.7 Å². The number of aliphatic hydroxyl groups excluding tert-OH is 1. The average molecular weight is 454 g/mol. The van der Waals surface area contributed by atoms with Crippen LogP contribution >= 0.6 is 0 Å². The number of benzene rings is 2. The maximum atomic E-state index is 12.2. The van der Waals surface area contributed by atoms with Crippen molar-refractivity contribution >= 4 is 18.0 Å². The molecule has 1 unspecified atom stereocenters. The zero-order valence-corrected chi connectivity index (χ0v) is 17.9. The Kier molecular flexibility index (Phi) is 6.90. The molecule has 1 aliphatic heterocycles. The fraction of sp³-hybridized carbons (Fsp3) is 0.375. The highest BCUT2D eigenvalue weighted by atomic mass is 16.5. The summed E-state index contributed by atoms with van der Waals surface area (Å²) in [4.78, 5) is 35.4. The molecule has 1 heterocycles. The molecular formula is C24H26N2O7. The van der Waals surface area contributed by atoms with Gasteiger partial charge in [-0.15, -0.1) is 0 Å². The third kappa shape index (κ3) is 5.15. The average Bonchev–Trinajstić information content (AvgIpc) is 3.39. The first-order valence-corrected chi connectivity index (χ1v) is 10.8. The molecule has 0 spiro atoms. The van der Waals surface area contributed by atoms with E-state index in [-0.39, 0.29) is 32.1 Å². The summed E-state index contributed by atoms with van der Waals surface area (Å²) in [5.41, 5.74) is 4.44. The van der Waals surface area contributed by atoms with Crippen molar-refractivity contribution in [1.82, 2.24) is 10.6 Å². The Morgan fingerprint density at radius 2 is 1.70 bits per heavy atom. The van der Waals surface area contributed by atoms with Gasteiger partial charge in [0.25, 0.3) is 0 Å². The van der Waals surface area contributed by atoms with E-state index in [0.717, 1.165) is 22.3 Å². The van der Waals surface area contributed by atoms with Crippen LogP contribution in [0.15, 0.2) is 48.5 Å². The number of ether oxygens (including phenoxy) is 2. The summed E-state index contributed by atoms with van der Waals surface area (Å²) in [6, 6.07) is 15.4. The van der Waals surface area contributed by atoms with E-state index < -0.39 is 36.2 Å². The number of hydrogen-bond acceptors (Lipinski definition) is 6. The van der Waals surface area contributed by atoms with Gasteiger partial charge in [-0.25, -0.2) is 9.59 Å². The van der Waals surface area contributed by atoms with Crippen LogP contribution in [-0.2, 0) is 19.1 Å². The Labute approximate surface area is 190 Å². The maximum Gasteiger partial charge on any atom is 0.407 e. The lowest BCUT2D eigenvalue weighted by Crippen LogP contribution is -2.45. The van der Waals surface area contributed by atoms with Crippen molar-refractivity contribution in [3.63, 3.8) is 0 Å². The van der Waals surface area contributed by atoms with E-state index in [1.807, 2.05) is 48.5 Å². The van der Waals surface area contributed by atoms with E-state index in [0.29, 0.717) is 6.42 Å². The van der Waals surface area contributed by atoms with Crippen LogP contribution < -0.4 is 10.6 Å². The SMILES string of the molecule is O=C(CC(O)CNC(=O)OCC1c2ccccc2-c2ccccc21)N[C@@H]1CCO[C@@H]1C(=O)O. The standard InChI is InChI=1S/C24H26N2O7/c27-14(11-21(28)26-20-9-10-32-22(20)23(29)30)12-25-24(31)33-13-19-17-7-3-1-5-15(17)16-6-2-4-8-18(16)19/h1-8,14,19-20,22,27H,9-13H2,(H,25,31)(H,26,28)(H,29,30)/t14?,20-,22+/m1/s1. The van der Waals surface area contributed by atoms with Gasteiger partial charge < -0.3 is 30.3 Å². The fourth-order valence-corrected chi connectivity index (χ4v) is 4.38. The largest absolute Gasteiger partial charge is 0.479 e.